The highest BCUT2D eigenvalue weighted by molar-refractivity contribution is 7.80. The zero-order chi connectivity index (χ0) is 19.2. The Morgan fingerprint density at radius 1 is 1.04 bits per heavy atom. The van der Waals surface area contributed by atoms with Gasteiger partial charge in [-0.3, -0.25) is 4.90 Å². The molecule has 0 unspecified atom stereocenters. The molecule has 6 heteroatoms. The summed E-state index contributed by atoms with van der Waals surface area (Å²) in [6.45, 7) is 6.94. The number of hydrogen-bond donors (Lipinski definition) is 1. The molecule has 2 aromatic carbocycles. The molecule has 0 amide bonds. The summed E-state index contributed by atoms with van der Waals surface area (Å²) < 4.78 is 10.7. The van der Waals surface area contributed by atoms with Gasteiger partial charge >= 0.3 is 0 Å². The van der Waals surface area contributed by atoms with E-state index in [4.69, 9.17) is 21.7 Å². The van der Waals surface area contributed by atoms with E-state index in [-0.39, 0.29) is 0 Å². The first-order valence-corrected chi connectivity index (χ1v) is 9.55. The van der Waals surface area contributed by atoms with Gasteiger partial charge in [0.1, 0.15) is 11.5 Å². The van der Waals surface area contributed by atoms with E-state index in [2.05, 4.69) is 46.3 Å². The Labute approximate surface area is 166 Å². The fourth-order valence-electron chi connectivity index (χ4n) is 3.27. The lowest BCUT2D eigenvalue weighted by Crippen LogP contribution is -2.49. The van der Waals surface area contributed by atoms with Crippen molar-refractivity contribution < 1.29 is 9.47 Å². The van der Waals surface area contributed by atoms with Gasteiger partial charge in [0, 0.05) is 38.8 Å². The van der Waals surface area contributed by atoms with E-state index in [1.165, 1.54) is 11.1 Å². The molecule has 27 heavy (non-hydrogen) atoms. The van der Waals surface area contributed by atoms with Gasteiger partial charge in [-0.25, -0.2) is 0 Å². The van der Waals surface area contributed by atoms with Crippen LogP contribution in [0.5, 0.6) is 11.5 Å². The Morgan fingerprint density at radius 3 is 2.48 bits per heavy atom. The minimum atomic E-state index is 0.717. The first-order chi connectivity index (χ1) is 13.1. The number of methoxy groups -OCH3 is 2. The average molecular weight is 386 g/mol. The summed E-state index contributed by atoms with van der Waals surface area (Å²) >= 11 is 5.62. The molecule has 3 rings (SSSR count). The highest BCUT2D eigenvalue weighted by Crippen LogP contribution is 2.29. The number of benzene rings is 2. The summed E-state index contributed by atoms with van der Waals surface area (Å²) in [6, 6.07) is 14.4. The van der Waals surface area contributed by atoms with Crippen molar-refractivity contribution in [3.05, 3.63) is 53.6 Å². The molecule has 1 N–H and O–H groups in total. The highest BCUT2D eigenvalue weighted by Gasteiger charge is 2.20. The van der Waals surface area contributed by atoms with Gasteiger partial charge < -0.3 is 19.7 Å². The summed E-state index contributed by atoms with van der Waals surface area (Å²) in [4.78, 5) is 4.69. The van der Waals surface area contributed by atoms with Crippen LogP contribution in [0.1, 0.15) is 11.1 Å². The van der Waals surface area contributed by atoms with Crippen molar-refractivity contribution in [2.45, 2.75) is 13.5 Å². The Kier molecular flexibility index (Phi) is 6.53. The molecule has 2 aromatic rings. The molecule has 144 valence electrons. The van der Waals surface area contributed by atoms with Crippen molar-refractivity contribution in [2.75, 3.05) is 45.7 Å². The van der Waals surface area contributed by atoms with Crippen molar-refractivity contribution in [3.63, 3.8) is 0 Å². The van der Waals surface area contributed by atoms with Crippen LogP contribution in [-0.4, -0.2) is 55.3 Å². The smallest absolute Gasteiger partial charge is 0.173 e. The molecule has 0 atom stereocenters. The van der Waals surface area contributed by atoms with E-state index >= 15 is 0 Å². The lowest BCUT2D eigenvalue weighted by molar-refractivity contribution is 0.177. The lowest BCUT2D eigenvalue weighted by Gasteiger charge is -2.36. The number of anilines is 1. The number of nitrogens with zero attached hydrogens (tertiary/aromatic N) is 2. The van der Waals surface area contributed by atoms with Gasteiger partial charge in [0.05, 0.1) is 19.9 Å². The Balaban J connectivity index is 1.54. The molecule has 0 radical (unpaired) electrons. The zero-order valence-electron chi connectivity index (χ0n) is 16.2. The standard InChI is InChI=1S/C21H27N3O2S/c1-16-5-4-6-17(13-16)15-23-9-11-24(12-10-23)21(27)22-19-8-7-18(25-2)14-20(19)26-3/h4-8,13-14H,9-12,15H2,1-3H3,(H,22,27). The van der Waals surface area contributed by atoms with Crippen molar-refractivity contribution in [3.8, 4) is 11.5 Å². The first-order valence-electron chi connectivity index (χ1n) is 9.15. The van der Waals surface area contributed by atoms with Gasteiger partial charge in [-0.05, 0) is 36.8 Å². The van der Waals surface area contributed by atoms with Gasteiger partial charge in [-0.15, -0.1) is 0 Å². The number of piperazine rings is 1. The topological polar surface area (TPSA) is 37.0 Å². The molecule has 0 spiro atoms. The van der Waals surface area contributed by atoms with Crippen molar-refractivity contribution in [1.29, 1.82) is 0 Å². The molecule has 5 nitrogen and oxygen atoms in total. The zero-order valence-corrected chi connectivity index (χ0v) is 17.0. The maximum Gasteiger partial charge on any atom is 0.173 e. The molecule has 0 aromatic heterocycles. The van der Waals surface area contributed by atoms with Crippen LogP contribution in [0, 0.1) is 6.92 Å². The number of rotatable bonds is 5. The number of aryl methyl sites for hydroxylation is 1. The van der Waals surface area contributed by atoms with E-state index in [1.54, 1.807) is 14.2 Å². The molecule has 1 aliphatic heterocycles. The molecular formula is C21H27N3O2S. The molecule has 1 heterocycles. The van der Waals surface area contributed by atoms with Crippen LogP contribution in [-0.2, 0) is 6.54 Å². The third-order valence-corrected chi connectivity index (χ3v) is 5.16. The summed E-state index contributed by atoms with van der Waals surface area (Å²) in [7, 11) is 3.29. The SMILES string of the molecule is COc1ccc(NC(=S)N2CCN(Cc3cccc(C)c3)CC2)c(OC)c1. The molecule has 0 bridgehead atoms. The molecule has 0 aliphatic carbocycles. The van der Waals surface area contributed by atoms with E-state index in [1.807, 2.05) is 18.2 Å². The van der Waals surface area contributed by atoms with Crippen LogP contribution in [0.25, 0.3) is 0 Å². The molecule has 1 aliphatic rings. The largest absolute Gasteiger partial charge is 0.497 e. The highest BCUT2D eigenvalue weighted by atomic mass is 32.1. The third kappa shape index (κ3) is 5.11. The van der Waals surface area contributed by atoms with Gasteiger partial charge in [0.25, 0.3) is 0 Å². The average Bonchev–Trinajstić information content (AvgIpc) is 2.69. The van der Waals surface area contributed by atoms with Crippen LogP contribution >= 0.6 is 12.2 Å². The predicted molar refractivity (Wildman–Crippen MR) is 114 cm³/mol. The first kappa shape index (κ1) is 19.5. The molecular weight excluding hydrogens is 358 g/mol. The minimum absolute atomic E-state index is 0.717. The second kappa shape index (κ2) is 9.06. The maximum absolute atomic E-state index is 5.62. The van der Waals surface area contributed by atoms with Crippen LogP contribution in [0.4, 0.5) is 5.69 Å². The van der Waals surface area contributed by atoms with Crippen LogP contribution in [0.2, 0.25) is 0 Å². The Morgan fingerprint density at radius 2 is 1.81 bits per heavy atom. The summed E-state index contributed by atoms with van der Waals surface area (Å²) in [5, 5.41) is 4.04. The van der Waals surface area contributed by atoms with E-state index in [9.17, 15) is 0 Å². The van der Waals surface area contributed by atoms with Gasteiger partial charge in [0.2, 0.25) is 0 Å². The fourth-order valence-corrected chi connectivity index (χ4v) is 3.57. The molecule has 1 saturated heterocycles. The van der Waals surface area contributed by atoms with E-state index in [0.29, 0.717) is 0 Å². The van der Waals surface area contributed by atoms with Gasteiger partial charge in [-0.2, -0.15) is 0 Å². The number of thiocarbonyl (C=S) groups is 1. The summed E-state index contributed by atoms with van der Waals surface area (Å²) in [6.07, 6.45) is 0. The lowest BCUT2D eigenvalue weighted by atomic mass is 10.1. The van der Waals surface area contributed by atoms with Gasteiger partial charge in [-0.1, -0.05) is 29.8 Å². The van der Waals surface area contributed by atoms with Gasteiger partial charge in [0.15, 0.2) is 5.11 Å². The van der Waals surface area contributed by atoms with Crippen LogP contribution < -0.4 is 14.8 Å². The Hall–Kier alpha value is -2.31. The maximum atomic E-state index is 5.62. The normalized spacial score (nSPS) is 14.7. The van der Waals surface area contributed by atoms with Crippen molar-refractivity contribution >= 4 is 23.0 Å². The fraction of sp³-hybridized carbons (Fsp3) is 0.381. The monoisotopic (exact) mass is 385 g/mol. The molecule has 1 fully saturated rings. The Bertz CT molecular complexity index is 789. The minimum Gasteiger partial charge on any atom is -0.497 e. The summed E-state index contributed by atoms with van der Waals surface area (Å²) in [5.74, 6) is 1.47. The van der Waals surface area contributed by atoms with E-state index in [0.717, 1.165) is 55.0 Å². The second-order valence-electron chi connectivity index (χ2n) is 6.75. The third-order valence-electron chi connectivity index (χ3n) is 4.80. The quantitative estimate of drug-likeness (QED) is 0.794. The molecule has 0 saturated carbocycles. The van der Waals surface area contributed by atoms with E-state index < -0.39 is 0 Å². The number of hydrogen-bond acceptors (Lipinski definition) is 4. The number of nitrogens with one attached hydrogen (secondary N) is 1. The predicted octanol–water partition coefficient (Wildman–Crippen LogP) is 3.53. The summed E-state index contributed by atoms with van der Waals surface area (Å²) in [5.41, 5.74) is 3.53. The van der Waals surface area contributed by atoms with Crippen molar-refractivity contribution in [2.24, 2.45) is 0 Å². The van der Waals surface area contributed by atoms with Crippen LogP contribution in [0.3, 0.4) is 0 Å². The number of ether oxygens (including phenoxy) is 2. The van der Waals surface area contributed by atoms with Crippen molar-refractivity contribution in [1.82, 2.24) is 9.80 Å². The van der Waals surface area contributed by atoms with Crippen LogP contribution in [0.15, 0.2) is 42.5 Å². The second-order valence-corrected chi connectivity index (χ2v) is 7.14.